The van der Waals surface area contributed by atoms with Gasteiger partial charge in [-0.1, -0.05) is 12.1 Å². The van der Waals surface area contributed by atoms with Gasteiger partial charge in [0.1, 0.15) is 11.3 Å². The summed E-state index contributed by atoms with van der Waals surface area (Å²) in [5.41, 5.74) is 0.720. The monoisotopic (exact) mass is 218 g/mol. The van der Waals surface area contributed by atoms with Gasteiger partial charge in [0.05, 0.1) is 11.8 Å². The molecule has 1 heterocycles. The van der Waals surface area contributed by atoms with Crippen LogP contribution in [-0.2, 0) is 11.2 Å². The molecule has 0 saturated carbocycles. The van der Waals surface area contributed by atoms with E-state index in [0.717, 1.165) is 0 Å². The van der Waals surface area contributed by atoms with E-state index in [9.17, 15) is 9.59 Å². The number of hydrogen-bond acceptors (Lipinski definition) is 3. The molecule has 2 rings (SSSR count). The molecule has 1 aromatic carbocycles. The summed E-state index contributed by atoms with van der Waals surface area (Å²) in [5, 5.41) is 9.10. The van der Waals surface area contributed by atoms with Gasteiger partial charge in [0.25, 0.3) is 0 Å². The first-order chi connectivity index (χ1) is 7.58. The van der Waals surface area contributed by atoms with Gasteiger partial charge in [-0.3, -0.25) is 9.59 Å². The zero-order valence-corrected chi connectivity index (χ0v) is 8.69. The predicted octanol–water partition coefficient (Wildman–Crippen LogP) is 1.73. The molecule has 0 bridgehead atoms. The highest BCUT2D eigenvalue weighted by Crippen LogP contribution is 2.16. The maximum absolute atomic E-state index is 11.7. The van der Waals surface area contributed by atoms with Crippen molar-refractivity contribution in [3.05, 3.63) is 45.8 Å². The Morgan fingerprint density at radius 3 is 2.88 bits per heavy atom. The van der Waals surface area contributed by atoms with Crippen LogP contribution in [0.5, 0.6) is 0 Å². The third-order valence-electron chi connectivity index (χ3n) is 2.31. The zero-order valence-electron chi connectivity index (χ0n) is 8.69. The first-order valence-electron chi connectivity index (χ1n) is 4.82. The number of fused-ring (bicyclic) bond motifs is 1. The van der Waals surface area contributed by atoms with Crippen molar-refractivity contribution < 1.29 is 14.3 Å². The van der Waals surface area contributed by atoms with Crippen molar-refractivity contribution in [2.45, 2.75) is 13.3 Å². The minimum absolute atomic E-state index is 0.175. The van der Waals surface area contributed by atoms with Crippen molar-refractivity contribution in [3.8, 4) is 0 Å². The summed E-state index contributed by atoms with van der Waals surface area (Å²) in [7, 11) is 0. The fourth-order valence-electron chi connectivity index (χ4n) is 1.71. The van der Waals surface area contributed by atoms with Crippen LogP contribution >= 0.6 is 0 Å². The number of carbonyl (C=O) groups is 1. The Labute approximate surface area is 91.1 Å². The normalized spacial score (nSPS) is 10.6. The Kier molecular flexibility index (Phi) is 2.48. The van der Waals surface area contributed by atoms with Crippen molar-refractivity contribution in [2.24, 2.45) is 0 Å². The summed E-state index contributed by atoms with van der Waals surface area (Å²) >= 11 is 0. The molecule has 0 aliphatic heterocycles. The molecule has 4 nitrogen and oxygen atoms in total. The van der Waals surface area contributed by atoms with E-state index in [1.807, 2.05) is 0 Å². The Balaban J connectivity index is 2.76. The molecule has 0 unspecified atom stereocenters. The topological polar surface area (TPSA) is 67.5 Å². The van der Waals surface area contributed by atoms with Crippen molar-refractivity contribution in [3.63, 3.8) is 0 Å². The minimum Gasteiger partial charge on any atom is -0.481 e. The molecule has 0 aliphatic carbocycles. The summed E-state index contributed by atoms with van der Waals surface area (Å²) in [6.45, 7) is 1.69. The summed E-state index contributed by atoms with van der Waals surface area (Å²) in [6, 6.07) is 6.34. The van der Waals surface area contributed by atoms with Gasteiger partial charge in [0, 0.05) is 6.07 Å². The molecule has 4 heteroatoms. The zero-order chi connectivity index (χ0) is 11.7. The number of rotatable bonds is 2. The number of aryl methyl sites for hydroxylation is 1. The molecular weight excluding hydrogens is 208 g/mol. The van der Waals surface area contributed by atoms with Gasteiger partial charge in [0.2, 0.25) is 0 Å². The lowest BCUT2D eigenvalue weighted by Crippen LogP contribution is -2.07. The summed E-state index contributed by atoms with van der Waals surface area (Å²) in [5.74, 6) is -0.447. The Morgan fingerprint density at radius 1 is 1.44 bits per heavy atom. The highest BCUT2D eigenvalue weighted by molar-refractivity contribution is 5.84. The molecule has 16 heavy (non-hydrogen) atoms. The summed E-state index contributed by atoms with van der Waals surface area (Å²) in [4.78, 5) is 22.4. The van der Waals surface area contributed by atoms with Crippen LogP contribution in [0, 0.1) is 6.92 Å². The predicted molar refractivity (Wildman–Crippen MR) is 58.6 cm³/mol. The first-order valence-corrected chi connectivity index (χ1v) is 4.82. The fourth-order valence-corrected chi connectivity index (χ4v) is 1.71. The molecule has 82 valence electrons. The molecule has 2 aromatic rings. The van der Waals surface area contributed by atoms with Gasteiger partial charge in [-0.25, -0.2) is 0 Å². The van der Waals surface area contributed by atoms with E-state index < -0.39 is 5.97 Å². The van der Waals surface area contributed by atoms with Gasteiger partial charge in [-0.2, -0.15) is 0 Å². The highest BCUT2D eigenvalue weighted by atomic mass is 16.4. The van der Waals surface area contributed by atoms with Gasteiger partial charge >= 0.3 is 5.97 Å². The maximum atomic E-state index is 11.7. The Morgan fingerprint density at radius 2 is 2.19 bits per heavy atom. The fraction of sp³-hybridized carbons (Fsp3) is 0.167. The molecule has 0 fully saturated rings. The minimum atomic E-state index is -0.965. The van der Waals surface area contributed by atoms with Gasteiger partial charge in [0.15, 0.2) is 5.43 Å². The van der Waals surface area contributed by atoms with Crippen LogP contribution < -0.4 is 5.43 Å². The van der Waals surface area contributed by atoms with Crippen LogP contribution in [0.15, 0.2) is 33.5 Å². The largest absolute Gasteiger partial charge is 0.481 e. The molecule has 0 aliphatic rings. The second-order valence-electron chi connectivity index (χ2n) is 3.58. The number of hydrogen-bond donors (Lipinski definition) is 1. The van der Waals surface area contributed by atoms with Crippen molar-refractivity contribution in [1.29, 1.82) is 0 Å². The lowest BCUT2D eigenvalue weighted by Gasteiger charge is -2.03. The van der Waals surface area contributed by atoms with Crippen LogP contribution in [0.4, 0.5) is 0 Å². The Bertz CT molecular complexity index is 610. The maximum Gasteiger partial charge on any atom is 0.307 e. The van der Waals surface area contributed by atoms with Gasteiger partial charge < -0.3 is 9.52 Å². The van der Waals surface area contributed by atoms with E-state index in [1.165, 1.54) is 6.07 Å². The van der Waals surface area contributed by atoms with Crippen molar-refractivity contribution >= 4 is 16.9 Å². The van der Waals surface area contributed by atoms with Crippen LogP contribution in [0.1, 0.15) is 11.3 Å². The standard InChI is InChI=1S/C12H10O4/c1-7-5-9(13)12-8(6-11(14)15)3-2-4-10(12)16-7/h2-5H,6H2,1H3,(H,14,15). The quantitative estimate of drug-likeness (QED) is 0.833. The van der Waals surface area contributed by atoms with Crippen molar-refractivity contribution in [1.82, 2.24) is 0 Å². The van der Waals surface area contributed by atoms with E-state index >= 15 is 0 Å². The molecule has 0 amide bonds. The molecular formula is C12H10O4. The molecule has 0 radical (unpaired) electrons. The molecule has 1 N–H and O–H groups in total. The average molecular weight is 218 g/mol. The SMILES string of the molecule is Cc1cc(=O)c2c(CC(=O)O)cccc2o1. The smallest absolute Gasteiger partial charge is 0.307 e. The van der Waals surface area contributed by atoms with Gasteiger partial charge in [-0.15, -0.1) is 0 Å². The third kappa shape index (κ3) is 1.82. The summed E-state index contributed by atoms with van der Waals surface area (Å²) in [6.07, 6.45) is -0.175. The van der Waals surface area contributed by atoms with E-state index in [0.29, 0.717) is 22.3 Å². The third-order valence-corrected chi connectivity index (χ3v) is 2.31. The molecule has 0 spiro atoms. The molecule has 0 saturated heterocycles. The van der Waals surface area contributed by atoms with Gasteiger partial charge in [-0.05, 0) is 18.6 Å². The average Bonchev–Trinajstić information content (AvgIpc) is 2.15. The van der Waals surface area contributed by atoms with Crippen LogP contribution in [0.25, 0.3) is 11.0 Å². The van der Waals surface area contributed by atoms with E-state index in [1.54, 1.807) is 25.1 Å². The second kappa shape index (κ2) is 3.81. The number of benzene rings is 1. The summed E-state index contributed by atoms with van der Waals surface area (Å²) < 4.78 is 5.37. The lowest BCUT2D eigenvalue weighted by atomic mass is 10.1. The van der Waals surface area contributed by atoms with E-state index in [4.69, 9.17) is 9.52 Å². The van der Waals surface area contributed by atoms with Crippen LogP contribution in [0.2, 0.25) is 0 Å². The van der Waals surface area contributed by atoms with Crippen molar-refractivity contribution in [2.75, 3.05) is 0 Å². The number of aliphatic carboxylic acids is 1. The number of carboxylic acid groups (broad SMARTS) is 1. The van der Waals surface area contributed by atoms with E-state index in [-0.39, 0.29) is 11.8 Å². The Hall–Kier alpha value is -2.10. The molecule has 0 atom stereocenters. The molecule has 1 aromatic heterocycles. The lowest BCUT2D eigenvalue weighted by molar-refractivity contribution is -0.136. The number of carboxylic acids is 1. The van der Waals surface area contributed by atoms with Crippen LogP contribution in [0.3, 0.4) is 0 Å². The highest BCUT2D eigenvalue weighted by Gasteiger charge is 2.10. The second-order valence-corrected chi connectivity index (χ2v) is 3.58. The first kappa shape index (κ1) is 10.4. The van der Waals surface area contributed by atoms with Crippen LogP contribution in [-0.4, -0.2) is 11.1 Å². The van der Waals surface area contributed by atoms with E-state index in [2.05, 4.69) is 0 Å².